The standard InChI is InChI=1S/C20H22FNO2/c21-18-7-1-2-8-19(18)24-12-4-9-20(23)22-14-15-10-11-16-5-3-6-17(16)13-15/h1-2,7-8,10-11,13H,3-6,9,12,14H2,(H,22,23). The van der Waals surface area contributed by atoms with Crippen molar-refractivity contribution < 1.29 is 13.9 Å². The SMILES string of the molecule is O=C(CCCOc1ccccc1F)NCc1ccc2c(c1)CCC2. The van der Waals surface area contributed by atoms with E-state index in [1.54, 1.807) is 18.2 Å². The van der Waals surface area contributed by atoms with Crippen LogP contribution >= 0.6 is 0 Å². The molecule has 0 aromatic heterocycles. The maximum atomic E-state index is 13.4. The smallest absolute Gasteiger partial charge is 0.220 e. The van der Waals surface area contributed by atoms with E-state index in [0.717, 1.165) is 12.0 Å². The third kappa shape index (κ3) is 4.34. The highest BCUT2D eigenvalue weighted by atomic mass is 19.1. The Balaban J connectivity index is 1.36. The van der Waals surface area contributed by atoms with Crippen molar-refractivity contribution in [1.82, 2.24) is 5.32 Å². The van der Waals surface area contributed by atoms with E-state index in [9.17, 15) is 9.18 Å². The number of carbonyl (C=O) groups excluding carboxylic acids is 1. The molecule has 3 nitrogen and oxygen atoms in total. The van der Waals surface area contributed by atoms with Gasteiger partial charge in [-0.05, 0) is 54.5 Å². The topological polar surface area (TPSA) is 38.3 Å². The van der Waals surface area contributed by atoms with E-state index in [0.29, 0.717) is 26.0 Å². The Morgan fingerprint density at radius 1 is 1.12 bits per heavy atom. The summed E-state index contributed by atoms with van der Waals surface area (Å²) in [6.45, 7) is 0.882. The Hall–Kier alpha value is -2.36. The van der Waals surface area contributed by atoms with Gasteiger partial charge >= 0.3 is 0 Å². The largest absolute Gasteiger partial charge is 0.491 e. The number of nitrogens with one attached hydrogen (secondary N) is 1. The first-order valence-electron chi connectivity index (χ1n) is 8.47. The van der Waals surface area contributed by atoms with Gasteiger partial charge in [-0.2, -0.15) is 0 Å². The van der Waals surface area contributed by atoms with Crippen molar-refractivity contribution in [2.45, 2.75) is 38.6 Å². The van der Waals surface area contributed by atoms with Crippen LogP contribution in [0.2, 0.25) is 0 Å². The Labute approximate surface area is 141 Å². The van der Waals surface area contributed by atoms with Gasteiger partial charge in [0.1, 0.15) is 0 Å². The summed E-state index contributed by atoms with van der Waals surface area (Å²) in [5.41, 5.74) is 4.00. The molecule has 1 aliphatic rings. The Kier molecular flexibility index (Phi) is 5.47. The summed E-state index contributed by atoms with van der Waals surface area (Å²) in [4.78, 5) is 11.9. The van der Waals surface area contributed by atoms with Gasteiger partial charge in [0.2, 0.25) is 5.91 Å². The molecule has 0 unspecified atom stereocenters. The predicted octanol–water partition coefficient (Wildman–Crippen LogP) is 3.79. The lowest BCUT2D eigenvalue weighted by molar-refractivity contribution is -0.121. The van der Waals surface area contributed by atoms with Crippen molar-refractivity contribution >= 4 is 5.91 Å². The molecular formula is C20H22FNO2. The molecule has 0 saturated heterocycles. The van der Waals surface area contributed by atoms with Gasteiger partial charge in [-0.3, -0.25) is 4.79 Å². The van der Waals surface area contributed by atoms with E-state index in [-0.39, 0.29) is 17.5 Å². The van der Waals surface area contributed by atoms with E-state index >= 15 is 0 Å². The van der Waals surface area contributed by atoms with E-state index in [4.69, 9.17) is 4.74 Å². The summed E-state index contributed by atoms with van der Waals surface area (Å²) in [5.74, 6) is -0.151. The van der Waals surface area contributed by atoms with Gasteiger partial charge in [0.25, 0.3) is 0 Å². The molecule has 3 rings (SSSR count). The van der Waals surface area contributed by atoms with Crippen molar-refractivity contribution in [3.05, 3.63) is 65.0 Å². The molecule has 0 fully saturated rings. The van der Waals surface area contributed by atoms with Gasteiger partial charge in [0.05, 0.1) is 6.61 Å². The summed E-state index contributed by atoms with van der Waals surface area (Å²) in [5, 5.41) is 2.93. The van der Waals surface area contributed by atoms with Crippen LogP contribution in [0.4, 0.5) is 4.39 Å². The number of fused-ring (bicyclic) bond motifs is 1. The number of ether oxygens (including phenoxy) is 1. The fourth-order valence-corrected chi connectivity index (χ4v) is 3.00. The normalized spacial score (nSPS) is 12.7. The zero-order chi connectivity index (χ0) is 16.8. The molecule has 1 N–H and O–H groups in total. The Morgan fingerprint density at radius 3 is 2.83 bits per heavy atom. The zero-order valence-corrected chi connectivity index (χ0v) is 13.7. The maximum Gasteiger partial charge on any atom is 0.220 e. The van der Waals surface area contributed by atoms with E-state index < -0.39 is 0 Å². The zero-order valence-electron chi connectivity index (χ0n) is 13.7. The molecule has 0 heterocycles. The van der Waals surface area contributed by atoms with Crippen LogP contribution in [-0.4, -0.2) is 12.5 Å². The molecule has 0 saturated carbocycles. The second-order valence-electron chi connectivity index (χ2n) is 6.12. The van der Waals surface area contributed by atoms with Crippen LogP contribution in [0, 0.1) is 5.82 Å². The third-order valence-electron chi connectivity index (χ3n) is 4.29. The fourth-order valence-electron chi connectivity index (χ4n) is 3.00. The molecule has 1 amide bonds. The molecule has 0 radical (unpaired) electrons. The number of halogens is 1. The number of benzene rings is 2. The summed E-state index contributed by atoms with van der Waals surface area (Å²) >= 11 is 0. The minimum Gasteiger partial charge on any atom is -0.491 e. The molecule has 126 valence electrons. The number of aryl methyl sites for hydroxylation is 2. The summed E-state index contributed by atoms with van der Waals surface area (Å²) in [7, 11) is 0. The van der Waals surface area contributed by atoms with Crippen LogP contribution in [0.25, 0.3) is 0 Å². The van der Waals surface area contributed by atoms with Gasteiger partial charge < -0.3 is 10.1 Å². The van der Waals surface area contributed by atoms with Crippen LogP contribution in [0.15, 0.2) is 42.5 Å². The Bertz CT molecular complexity index is 715. The number of carbonyl (C=O) groups is 1. The highest BCUT2D eigenvalue weighted by molar-refractivity contribution is 5.75. The van der Waals surface area contributed by atoms with Crippen molar-refractivity contribution in [1.29, 1.82) is 0 Å². The average Bonchev–Trinajstić information content (AvgIpc) is 3.06. The highest BCUT2D eigenvalue weighted by Crippen LogP contribution is 2.22. The van der Waals surface area contributed by atoms with Crippen LogP contribution < -0.4 is 10.1 Å². The molecule has 0 bridgehead atoms. The van der Waals surface area contributed by atoms with E-state index in [1.165, 1.54) is 30.0 Å². The lowest BCUT2D eigenvalue weighted by Crippen LogP contribution is -2.23. The van der Waals surface area contributed by atoms with Crippen molar-refractivity contribution in [2.24, 2.45) is 0 Å². The summed E-state index contributed by atoms with van der Waals surface area (Å²) in [6, 6.07) is 12.7. The number of amides is 1. The fraction of sp³-hybridized carbons (Fsp3) is 0.350. The van der Waals surface area contributed by atoms with Gasteiger partial charge in [-0.25, -0.2) is 4.39 Å². The average molecular weight is 327 g/mol. The quantitative estimate of drug-likeness (QED) is 0.786. The lowest BCUT2D eigenvalue weighted by Gasteiger charge is -2.09. The summed E-state index contributed by atoms with van der Waals surface area (Å²) < 4.78 is 18.7. The Morgan fingerprint density at radius 2 is 1.96 bits per heavy atom. The minimum atomic E-state index is -0.376. The number of hydrogen-bond acceptors (Lipinski definition) is 2. The molecule has 1 aliphatic carbocycles. The first-order chi connectivity index (χ1) is 11.7. The minimum absolute atomic E-state index is 0.00682. The van der Waals surface area contributed by atoms with Gasteiger partial charge in [-0.15, -0.1) is 0 Å². The van der Waals surface area contributed by atoms with Crippen LogP contribution in [-0.2, 0) is 24.2 Å². The molecular weight excluding hydrogens is 305 g/mol. The second-order valence-corrected chi connectivity index (χ2v) is 6.12. The van der Waals surface area contributed by atoms with Gasteiger partial charge in [-0.1, -0.05) is 30.3 Å². The number of hydrogen-bond donors (Lipinski definition) is 1. The molecule has 0 spiro atoms. The molecule has 2 aromatic carbocycles. The predicted molar refractivity (Wildman–Crippen MR) is 91.4 cm³/mol. The number of para-hydroxylation sites is 1. The molecule has 0 aliphatic heterocycles. The molecule has 24 heavy (non-hydrogen) atoms. The van der Waals surface area contributed by atoms with E-state index in [1.807, 2.05) is 0 Å². The summed E-state index contributed by atoms with van der Waals surface area (Å²) in [6.07, 6.45) is 4.48. The van der Waals surface area contributed by atoms with Crippen molar-refractivity contribution in [2.75, 3.05) is 6.61 Å². The molecule has 4 heteroatoms. The second kappa shape index (κ2) is 7.95. The van der Waals surface area contributed by atoms with Crippen LogP contribution in [0.5, 0.6) is 5.75 Å². The highest BCUT2D eigenvalue weighted by Gasteiger charge is 2.11. The number of rotatable bonds is 7. The molecule has 0 atom stereocenters. The van der Waals surface area contributed by atoms with Gasteiger partial charge in [0, 0.05) is 13.0 Å². The lowest BCUT2D eigenvalue weighted by atomic mass is 10.1. The first-order valence-corrected chi connectivity index (χ1v) is 8.47. The van der Waals surface area contributed by atoms with Crippen molar-refractivity contribution in [3.63, 3.8) is 0 Å². The van der Waals surface area contributed by atoms with Crippen LogP contribution in [0.3, 0.4) is 0 Å². The van der Waals surface area contributed by atoms with E-state index in [2.05, 4.69) is 23.5 Å². The van der Waals surface area contributed by atoms with Crippen molar-refractivity contribution in [3.8, 4) is 5.75 Å². The molecule has 2 aromatic rings. The maximum absolute atomic E-state index is 13.4. The third-order valence-corrected chi connectivity index (χ3v) is 4.29. The monoisotopic (exact) mass is 327 g/mol. The van der Waals surface area contributed by atoms with Gasteiger partial charge in [0.15, 0.2) is 11.6 Å². The van der Waals surface area contributed by atoms with Crippen LogP contribution in [0.1, 0.15) is 36.0 Å². The first kappa shape index (κ1) is 16.5.